The molecule has 2 rings (SSSR count). The normalized spacial score (nSPS) is 20.1. The van der Waals surface area contributed by atoms with Gasteiger partial charge in [0.15, 0.2) is 0 Å². The molecule has 1 unspecified atom stereocenters. The van der Waals surface area contributed by atoms with Gasteiger partial charge in [-0.25, -0.2) is 0 Å². The molecular weight excluding hydrogens is 190 g/mol. The van der Waals surface area contributed by atoms with Crippen LogP contribution in [0.5, 0.6) is 0 Å². The molecule has 1 atom stereocenters. The van der Waals surface area contributed by atoms with Crippen molar-refractivity contribution in [3.63, 3.8) is 0 Å². The summed E-state index contributed by atoms with van der Waals surface area (Å²) in [6.45, 7) is 3.38. The lowest BCUT2D eigenvalue weighted by molar-refractivity contribution is 0.381. The van der Waals surface area contributed by atoms with Gasteiger partial charge in [0.25, 0.3) is 0 Å². The van der Waals surface area contributed by atoms with Gasteiger partial charge in [0, 0.05) is 12.6 Å². The molecule has 1 saturated carbocycles. The standard InChI is InChI=1S/C12H19NS/c1-10(12-4-2-3-5-12)13-8-11-6-7-14-9-11/h6-7,9-10,12-13H,2-5,8H2,1H3. The topological polar surface area (TPSA) is 12.0 Å². The third-order valence-corrected chi connectivity index (χ3v) is 4.05. The van der Waals surface area contributed by atoms with Gasteiger partial charge in [-0.3, -0.25) is 0 Å². The number of hydrogen-bond donors (Lipinski definition) is 1. The number of hydrogen-bond acceptors (Lipinski definition) is 2. The van der Waals surface area contributed by atoms with Crippen LogP contribution in [0.1, 0.15) is 38.2 Å². The first-order chi connectivity index (χ1) is 6.86. The summed E-state index contributed by atoms with van der Waals surface area (Å²) < 4.78 is 0. The van der Waals surface area contributed by atoms with Crippen molar-refractivity contribution in [1.82, 2.24) is 5.32 Å². The Hall–Kier alpha value is -0.340. The van der Waals surface area contributed by atoms with Crippen LogP contribution in [0.4, 0.5) is 0 Å². The minimum absolute atomic E-state index is 0.692. The second-order valence-corrected chi connectivity index (χ2v) is 5.13. The van der Waals surface area contributed by atoms with Crippen molar-refractivity contribution in [3.05, 3.63) is 22.4 Å². The number of nitrogens with one attached hydrogen (secondary N) is 1. The summed E-state index contributed by atoms with van der Waals surface area (Å²) in [6, 6.07) is 2.90. The predicted octanol–water partition coefficient (Wildman–Crippen LogP) is 3.42. The van der Waals surface area contributed by atoms with Crippen LogP contribution in [0.15, 0.2) is 16.8 Å². The fourth-order valence-corrected chi connectivity index (χ4v) is 2.96. The Balaban J connectivity index is 1.74. The van der Waals surface area contributed by atoms with Gasteiger partial charge in [-0.1, -0.05) is 12.8 Å². The van der Waals surface area contributed by atoms with E-state index in [2.05, 4.69) is 29.1 Å². The lowest BCUT2D eigenvalue weighted by Gasteiger charge is -2.19. The average Bonchev–Trinajstić information content (AvgIpc) is 2.87. The average molecular weight is 209 g/mol. The summed E-state index contributed by atoms with van der Waals surface area (Å²) in [5.41, 5.74) is 1.43. The van der Waals surface area contributed by atoms with E-state index in [1.165, 1.54) is 31.2 Å². The molecule has 0 saturated heterocycles. The minimum atomic E-state index is 0.692. The van der Waals surface area contributed by atoms with Crippen LogP contribution in [0.3, 0.4) is 0 Å². The monoisotopic (exact) mass is 209 g/mol. The van der Waals surface area contributed by atoms with E-state index in [9.17, 15) is 0 Å². The quantitative estimate of drug-likeness (QED) is 0.801. The lowest BCUT2D eigenvalue weighted by atomic mass is 10.00. The maximum absolute atomic E-state index is 3.63. The van der Waals surface area contributed by atoms with Crippen LogP contribution >= 0.6 is 11.3 Å². The summed E-state index contributed by atoms with van der Waals surface area (Å²) >= 11 is 1.78. The zero-order valence-electron chi connectivity index (χ0n) is 8.83. The first kappa shape index (κ1) is 10.2. The van der Waals surface area contributed by atoms with Gasteiger partial charge in [-0.15, -0.1) is 0 Å². The molecule has 2 heteroatoms. The summed E-state index contributed by atoms with van der Waals surface area (Å²) in [6.07, 6.45) is 5.74. The Bertz CT molecular complexity index is 249. The first-order valence-electron chi connectivity index (χ1n) is 5.61. The maximum Gasteiger partial charge on any atom is 0.0216 e. The van der Waals surface area contributed by atoms with Crippen molar-refractivity contribution in [1.29, 1.82) is 0 Å². The zero-order valence-corrected chi connectivity index (χ0v) is 9.65. The van der Waals surface area contributed by atoms with Crippen LogP contribution < -0.4 is 5.32 Å². The van der Waals surface area contributed by atoms with Crippen molar-refractivity contribution in [2.75, 3.05) is 0 Å². The van der Waals surface area contributed by atoms with E-state index in [4.69, 9.17) is 0 Å². The molecule has 1 fully saturated rings. The Labute approximate surface area is 90.5 Å². The molecule has 1 aliphatic rings. The Morgan fingerprint density at radius 2 is 2.29 bits per heavy atom. The third-order valence-electron chi connectivity index (χ3n) is 3.32. The molecule has 1 N–H and O–H groups in total. The largest absolute Gasteiger partial charge is 0.310 e. The summed E-state index contributed by atoms with van der Waals surface area (Å²) in [5, 5.41) is 8.01. The van der Waals surface area contributed by atoms with Crippen LogP contribution in [0.2, 0.25) is 0 Å². The first-order valence-corrected chi connectivity index (χ1v) is 6.55. The molecule has 0 radical (unpaired) electrons. The second-order valence-electron chi connectivity index (χ2n) is 4.35. The van der Waals surface area contributed by atoms with Crippen LogP contribution in [0.25, 0.3) is 0 Å². The molecule has 0 aliphatic heterocycles. The molecule has 1 aromatic heterocycles. The van der Waals surface area contributed by atoms with Gasteiger partial charge in [0.1, 0.15) is 0 Å². The maximum atomic E-state index is 3.63. The van der Waals surface area contributed by atoms with Crippen LogP contribution in [-0.4, -0.2) is 6.04 Å². The fourth-order valence-electron chi connectivity index (χ4n) is 2.30. The van der Waals surface area contributed by atoms with Crippen molar-refractivity contribution in [3.8, 4) is 0 Å². The molecule has 0 bridgehead atoms. The molecule has 0 amide bonds. The highest BCUT2D eigenvalue weighted by Gasteiger charge is 2.20. The van der Waals surface area contributed by atoms with Crippen molar-refractivity contribution >= 4 is 11.3 Å². The Morgan fingerprint density at radius 3 is 2.93 bits per heavy atom. The molecule has 1 aliphatic carbocycles. The second kappa shape index (κ2) is 4.94. The Morgan fingerprint density at radius 1 is 1.50 bits per heavy atom. The molecule has 0 aromatic carbocycles. The van der Waals surface area contributed by atoms with Gasteiger partial charge >= 0.3 is 0 Å². The van der Waals surface area contributed by atoms with E-state index >= 15 is 0 Å². The van der Waals surface area contributed by atoms with Crippen LogP contribution in [-0.2, 0) is 6.54 Å². The van der Waals surface area contributed by atoms with E-state index in [1.54, 1.807) is 11.3 Å². The predicted molar refractivity (Wildman–Crippen MR) is 62.6 cm³/mol. The third kappa shape index (κ3) is 2.58. The minimum Gasteiger partial charge on any atom is -0.310 e. The zero-order chi connectivity index (χ0) is 9.80. The smallest absolute Gasteiger partial charge is 0.0216 e. The van der Waals surface area contributed by atoms with Gasteiger partial charge in [0.05, 0.1) is 0 Å². The lowest BCUT2D eigenvalue weighted by Crippen LogP contribution is -2.31. The van der Waals surface area contributed by atoms with Gasteiger partial charge in [-0.05, 0) is 48.1 Å². The van der Waals surface area contributed by atoms with Crippen molar-refractivity contribution < 1.29 is 0 Å². The summed E-state index contributed by atoms with van der Waals surface area (Å²) in [5.74, 6) is 0.925. The molecule has 1 heterocycles. The van der Waals surface area contributed by atoms with Crippen LogP contribution in [0, 0.1) is 5.92 Å². The van der Waals surface area contributed by atoms with E-state index in [0.717, 1.165) is 12.5 Å². The SMILES string of the molecule is CC(NCc1ccsc1)C1CCCC1. The Kier molecular flexibility index (Phi) is 3.60. The number of thiophene rings is 1. The van der Waals surface area contributed by atoms with Gasteiger partial charge < -0.3 is 5.32 Å². The molecule has 1 aromatic rings. The number of rotatable bonds is 4. The van der Waals surface area contributed by atoms with Gasteiger partial charge in [-0.2, -0.15) is 11.3 Å². The van der Waals surface area contributed by atoms with E-state index in [0.29, 0.717) is 6.04 Å². The highest BCUT2D eigenvalue weighted by Crippen LogP contribution is 2.27. The molecular formula is C12H19NS. The highest BCUT2D eigenvalue weighted by atomic mass is 32.1. The molecule has 14 heavy (non-hydrogen) atoms. The van der Waals surface area contributed by atoms with Crippen molar-refractivity contribution in [2.24, 2.45) is 5.92 Å². The molecule has 0 spiro atoms. The van der Waals surface area contributed by atoms with Crippen molar-refractivity contribution in [2.45, 2.75) is 45.2 Å². The van der Waals surface area contributed by atoms with E-state index in [-0.39, 0.29) is 0 Å². The molecule has 78 valence electrons. The summed E-state index contributed by atoms with van der Waals surface area (Å²) in [7, 11) is 0. The van der Waals surface area contributed by atoms with Gasteiger partial charge in [0.2, 0.25) is 0 Å². The fraction of sp³-hybridized carbons (Fsp3) is 0.667. The van der Waals surface area contributed by atoms with E-state index < -0.39 is 0 Å². The van der Waals surface area contributed by atoms with E-state index in [1.807, 2.05) is 0 Å². The molecule has 1 nitrogen and oxygen atoms in total. The summed E-state index contributed by atoms with van der Waals surface area (Å²) in [4.78, 5) is 0. The highest BCUT2D eigenvalue weighted by molar-refractivity contribution is 7.07.